The molecule has 0 bridgehead atoms. The first-order chi connectivity index (χ1) is 10.1. The van der Waals surface area contributed by atoms with Crippen LogP contribution in [0.1, 0.15) is 26.2 Å². The van der Waals surface area contributed by atoms with E-state index in [1.165, 1.54) is 6.92 Å². The number of nitrogens with zero attached hydrogens (tertiary/aromatic N) is 4. The lowest BCUT2D eigenvalue weighted by Crippen LogP contribution is -2.49. The Morgan fingerprint density at radius 1 is 1.24 bits per heavy atom. The van der Waals surface area contributed by atoms with E-state index in [4.69, 9.17) is 4.42 Å². The second-order valence-corrected chi connectivity index (χ2v) is 4.93. The van der Waals surface area contributed by atoms with Gasteiger partial charge in [-0.3, -0.25) is 9.59 Å². The maximum atomic E-state index is 12.0. The van der Waals surface area contributed by atoms with Crippen LogP contribution >= 0.6 is 0 Å². The van der Waals surface area contributed by atoms with Crippen molar-refractivity contribution < 1.29 is 14.0 Å². The zero-order valence-electron chi connectivity index (χ0n) is 12.5. The average molecular weight is 295 g/mol. The lowest BCUT2D eigenvalue weighted by Gasteiger charge is -2.33. The third-order valence-electron chi connectivity index (χ3n) is 3.37. The van der Waals surface area contributed by atoms with Crippen LogP contribution in [0.25, 0.3) is 0 Å². The summed E-state index contributed by atoms with van der Waals surface area (Å²) in [6, 6.07) is 0.525. The highest BCUT2D eigenvalue weighted by Crippen LogP contribution is 2.15. The minimum atomic E-state index is -0.115. The summed E-state index contributed by atoms with van der Waals surface area (Å²) >= 11 is 0. The molecule has 0 aliphatic carbocycles. The number of nitrogens with one attached hydrogen (secondary N) is 1. The van der Waals surface area contributed by atoms with Crippen LogP contribution in [-0.4, -0.2) is 59.6 Å². The Morgan fingerprint density at radius 3 is 2.52 bits per heavy atom. The molecule has 1 N–H and O–H groups in total. The van der Waals surface area contributed by atoms with E-state index in [-0.39, 0.29) is 11.8 Å². The third-order valence-corrected chi connectivity index (χ3v) is 3.37. The van der Waals surface area contributed by atoms with E-state index < -0.39 is 0 Å². The Bertz CT molecular complexity index is 494. The van der Waals surface area contributed by atoms with Crippen LogP contribution in [0.5, 0.6) is 0 Å². The lowest BCUT2D eigenvalue weighted by molar-refractivity contribution is -0.131. The first-order valence-electron chi connectivity index (χ1n) is 7.19. The summed E-state index contributed by atoms with van der Waals surface area (Å²) in [7, 11) is 0. The molecule has 1 aromatic rings. The Hall–Kier alpha value is -2.12. The quantitative estimate of drug-likeness (QED) is 0.809. The Kier molecular flexibility index (Phi) is 5.13. The molecule has 0 saturated carbocycles. The lowest BCUT2D eigenvalue weighted by atomic mass is 10.3. The molecule has 1 aromatic heterocycles. The van der Waals surface area contributed by atoms with Crippen LogP contribution in [0.2, 0.25) is 0 Å². The van der Waals surface area contributed by atoms with Crippen molar-refractivity contribution >= 4 is 17.8 Å². The molecule has 1 aliphatic heterocycles. The van der Waals surface area contributed by atoms with Gasteiger partial charge in [0.15, 0.2) is 0 Å². The second-order valence-electron chi connectivity index (χ2n) is 4.93. The highest BCUT2D eigenvalue weighted by molar-refractivity contribution is 5.78. The number of hydrogen-bond acceptors (Lipinski definition) is 6. The largest absolute Gasteiger partial charge is 0.408 e. The number of carbonyl (C=O) groups excluding carboxylic acids is 2. The van der Waals surface area contributed by atoms with Crippen molar-refractivity contribution in [2.45, 2.75) is 26.7 Å². The van der Waals surface area contributed by atoms with Crippen LogP contribution in [-0.2, 0) is 16.0 Å². The molecular weight excluding hydrogens is 274 g/mol. The van der Waals surface area contributed by atoms with Gasteiger partial charge in [0.25, 0.3) is 0 Å². The number of carbonyl (C=O) groups is 2. The van der Waals surface area contributed by atoms with E-state index in [1.54, 1.807) is 4.90 Å². The molecule has 21 heavy (non-hydrogen) atoms. The van der Waals surface area contributed by atoms with Gasteiger partial charge in [-0.05, 0) is 0 Å². The SMILES string of the molecule is CCc1nnc(N2CCN(C(=O)CCNC(C)=O)CC2)o1. The fourth-order valence-corrected chi connectivity index (χ4v) is 2.17. The van der Waals surface area contributed by atoms with E-state index >= 15 is 0 Å². The molecule has 0 radical (unpaired) electrons. The molecule has 0 unspecified atom stereocenters. The third kappa shape index (κ3) is 4.17. The maximum Gasteiger partial charge on any atom is 0.318 e. The normalized spacial score (nSPS) is 15.1. The predicted molar refractivity (Wildman–Crippen MR) is 75.8 cm³/mol. The molecule has 1 aliphatic rings. The van der Waals surface area contributed by atoms with Crippen molar-refractivity contribution in [3.63, 3.8) is 0 Å². The minimum Gasteiger partial charge on any atom is -0.408 e. The van der Waals surface area contributed by atoms with E-state index in [0.717, 1.165) is 0 Å². The van der Waals surface area contributed by atoms with Crippen LogP contribution in [0, 0.1) is 0 Å². The summed E-state index contributed by atoms with van der Waals surface area (Å²) in [6.45, 7) is 6.40. The number of rotatable bonds is 5. The van der Waals surface area contributed by atoms with Gasteiger partial charge >= 0.3 is 6.01 Å². The van der Waals surface area contributed by atoms with Gasteiger partial charge in [0.2, 0.25) is 17.7 Å². The van der Waals surface area contributed by atoms with E-state index in [2.05, 4.69) is 15.5 Å². The molecule has 0 atom stereocenters. The fourth-order valence-electron chi connectivity index (χ4n) is 2.17. The van der Waals surface area contributed by atoms with Crippen LogP contribution in [0.4, 0.5) is 6.01 Å². The Balaban J connectivity index is 1.77. The maximum absolute atomic E-state index is 12.0. The molecule has 0 aromatic carbocycles. The molecule has 2 amide bonds. The summed E-state index contributed by atoms with van der Waals surface area (Å²) in [4.78, 5) is 26.5. The first kappa shape index (κ1) is 15.3. The van der Waals surface area contributed by atoms with Gasteiger partial charge in [0, 0.05) is 52.5 Å². The monoisotopic (exact) mass is 295 g/mol. The Morgan fingerprint density at radius 2 is 1.95 bits per heavy atom. The van der Waals surface area contributed by atoms with Crippen molar-refractivity contribution in [1.82, 2.24) is 20.4 Å². The van der Waals surface area contributed by atoms with Gasteiger partial charge in [0.1, 0.15) is 0 Å². The molecule has 2 rings (SSSR count). The molecular formula is C13H21N5O3. The molecule has 8 nitrogen and oxygen atoms in total. The predicted octanol–water partition coefficient (Wildman–Crippen LogP) is -0.193. The van der Waals surface area contributed by atoms with Crippen molar-refractivity contribution in [3.05, 3.63) is 5.89 Å². The van der Waals surface area contributed by atoms with Crippen molar-refractivity contribution in [2.24, 2.45) is 0 Å². The summed E-state index contributed by atoms with van der Waals surface area (Å²) in [5.41, 5.74) is 0. The number of amides is 2. The van der Waals surface area contributed by atoms with Gasteiger partial charge in [-0.15, -0.1) is 5.10 Å². The Labute approximate surface area is 123 Å². The van der Waals surface area contributed by atoms with Gasteiger partial charge in [-0.2, -0.15) is 0 Å². The number of anilines is 1. The fraction of sp³-hybridized carbons (Fsp3) is 0.692. The summed E-state index contributed by atoms with van der Waals surface area (Å²) in [5.74, 6) is 0.567. The molecule has 2 heterocycles. The zero-order chi connectivity index (χ0) is 15.2. The molecule has 116 valence electrons. The smallest absolute Gasteiger partial charge is 0.318 e. The van der Waals surface area contributed by atoms with Crippen LogP contribution in [0.15, 0.2) is 4.42 Å². The number of aromatic nitrogens is 2. The molecule has 0 spiro atoms. The van der Waals surface area contributed by atoms with E-state index in [0.29, 0.717) is 57.5 Å². The highest BCUT2D eigenvalue weighted by Gasteiger charge is 2.23. The number of aryl methyl sites for hydroxylation is 1. The van der Waals surface area contributed by atoms with Gasteiger partial charge < -0.3 is 19.5 Å². The standard InChI is InChI=1S/C13H21N5O3/c1-3-11-15-16-13(21-11)18-8-6-17(7-9-18)12(20)4-5-14-10(2)19/h3-9H2,1-2H3,(H,14,19). The number of hydrogen-bond donors (Lipinski definition) is 1. The van der Waals surface area contributed by atoms with Gasteiger partial charge in [0.05, 0.1) is 0 Å². The van der Waals surface area contributed by atoms with Crippen LogP contribution in [0.3, 0.4) is 0 Å². The van der Waals surface area contributed by atoms with Crippen LogP contribution < -0.4 is 10.2 Å². The molecule has 1 fully saturated rings. The average Bonchev–Trinajstić information content (AvgIpc) is 2.96. The summed E-state index contributed by atoms with van der Waals surface area (Å²) in [5, 5.41) is 10.6. The zero-order valence-corrected chi connectivity index (χ0v) is 12.5. The van der Waals surface area contributed by atoms with Crippen molar-refractivity contribution in [1.29, 1.82) is 0 Å². The summed E-state index contributed by atoms with van der Waals surface area (Å²) < 4.78 is 5.51. The first-order valence-corrected chi connectivity index (χ1v) is 7.19. The van der Waals surface area contributed by atoms with E-state index in [1.807, 2.05) is 11.8 Å². The molecule has 8 heteroatoms. The van der Waals surface area contributed by atoms with E-state index in [9.17, 15) is 9.59 Å². The van der Waals surface area contributed by atoms with Crippen molar-refractivity contribution in [3.8, 4) is 0 Å². The number of piperazine rings is 1. The van der Waals surface area contributed by atoms with Crippen molar-refractivity contribution in [2.75, 3.05) is 37.6 Å². The minimum absolute atomic E-state index is 0.0585. The topological polar surface area (TPSA) is 91.6 Å². The second kappa shape index (κ2) is 7.05. The highest BCUT2D eigenvalue weighted by atomic mass is 16.4. The van der Waals surface area contributed by atoms with Gasteiger partial charge in [-0.25, -0.2) is 0 Å². The van der Waals surface area contributed by atoms with Gasteiger partial charge in [-0.1, -0.05) is 12.0 Å². The summed E-state index contributed by atoms with van der Waals surface area (Å²) in [6.07, 6.45) is 1.05. The molecule has 1 saturated heterocycles.